The van der Waals surface area contributed by atoms with Crippen molar-refractivity contribution in [2.45, 2.75) is 6.42 Å². The number of hydrogen-bond acceptors (Lipinski definition) is 4. The van der Waals surface area contributed by atoms with Crippen LogP contribution in [0.5, 0.6) is 0 Å². The van der Waals surface area contributed by atoms with Crippen LogP contribution in [0.4, 0.5) is 0 Å². The standard InChI is InChI=1S/C9H10O4.Zn/c10-8(11)6-4-1-2-5(3-4)7(6)9(12)13;/h1-2,4-7H,3H2,(H,10,11)(H,12,13);/q;+2/p-2. The van der Waals surface area contributed by atoms with Gasteiger partial charge in [-0.3, -0.25) is 0 Å². The molecule has 4 unspecified atom stereocenters. The summed E-state index contributed by atoms with van der Waals surface area (Å²) in [6.07, 6.45) is 4.15. The maximum atomic E-state index is 10.7. The number of carboxylic acids is 2. The zero-order valence-electron chi connectivity index (χ0n) is 7.51. The molecule has 4 atom stereocenters. The molecule has 1 saturated carbocycles. The summed E-state index contributed by atoms with van der Waals surface area (Å²) in [7, 11) is 0. The molecule has 0 saturated heterocycles. The molecule has 4 nitrogen and oxygen atoms in total. The number of allylic oxidation sites excluding steroid dienone is 2. The number of aliphatic carboxylic acids is 2. The first-order chi connectivity index (χ1) is 6.11. The molecule has 0 aliphatic heterocycles. The molecular formula is C9H8O4Zn. The van der Waals surface area contributed by atoms with Crippen LogP contribution in [-0.4, -0.2) is 11.9 Å². The van der Waals surface area contributed by atoms with E-state index in [1.807, 2.05) is 0 Å². The summed E-state index contributed by atoms with van der Waals surface area (Å²) in [6.45, 7) is 0. The largest absolute Gasteiger partial charge is 2.00 e. The molecule has 0 spiro atoms. The zero-order valence-corrected chi connectivity index (χ0v) is 10.5. The topological polar surface area (TPSA) is 80.3 Å². The van der Waals surface area contributed by atoms with E-state index in [0.717, 1.165) is 0 Å². The van der Waals surface area contributed by atoms with E-state index in [2.05, 4.69) is 0 Å². The minimum Gasteiger partial charge on any atom is -0.550 e. The molecular weight excluding hydrogens is 237 g/mol. The van der Waals surface area contributed by atoms with Gasteiger partial charge in [-0.15, -0.1) is 0 Å². The minimum atomic E-state index is -1.27. The average molecular weight is 246 g/mol. The van der Waals surface area contributed by atoms with E-state index in [0.29, 0.717) is 6.42 Å². The molecule has 0 aromatic heterocycles. The fraction of sp³-hybridized carbons (Fsp3) is 0.556. The Morgan fingerprint density at radius 2 is 1.36 bits per heavy atom. The van der Waals surface area contributed by atoms with Crippen LogP contribution < -0.4 is 10.2 Å². The molecule has 2 bridgehead atoms. The molecule has 2 rings (SSSR count). The van der Waals surface area contributed by atoms with Gasteiger partial charge in [-0.1, -0.05) is 12.2 Å². The summed E-state index contributed by atoms with van der Waals surface area (Å²) >= 11 is 0. The first-order valence-electron chi connectivity index (χ1n) is 4.21. The Balaban J connectivity index is 0.000000980. The number of rotatable bonds is 2. The number of carboxylic acid groups (broad SMARTS) is 2. The predicted molar refractivity (Wildman–Crippen MR) is 37.7 cm³/mol. The maximum Gasteiger partial charge on any atom is 2.00 e. The normalized spacial score (nSPS) is 38.0. The van der Waals surface area contributed by atoms with Gasteiger partial charge in [0, 0.05) is 23.8 Å². The minimum absolute atomic E-state index is 0. The fourth-order valence-electron chi connectivity index (χ4n) is 2.46. The van der Waals surface area contributed by atoms with Crippen LogP contribution in [0.3, 0.4) is 0 Å². The Labute approximate surface area is 93.8 Å². The second-order valence-electron chi connectivity index (χ2n) is 3.64. The second kappa shape index (κ2) is 3.81. The van der Waals surface area contributed by atoms with Crippen molar-refractivity contribution in [3.63, 3.8) is 0 Å². The molecule has 0 aromatic carbocycles. The average Bonchev–Trinajstić information content (AvgIpc) is 2.60. The summed E-state index contributed by atoms with van der Waals surface area (Å²) in [6, 6.07) is 0. The monoisotopic (exact) mass is 244 g/mol. The smallest absolute Gasteiger partial charge is 0.550 e. The molecule has 14 heavy (non-hydrogen) atoms. The summed E-state index contributed by atoms with van der Waals surface area (Å²) in [5.74, 6) is -4.66. The Bertz CT molecular complexity index is 271. The Morgan fingerprint density at radius 3 is 1.64 bits per heavy atom. The van der Waals surface area contributed by atoms with Crippen LogP contribution in [0.15, 0.2) is 12.2 Å². The summed E-state index contributed by atoms with van der Waals surface area (Å²) < 4.78 is 0. The van der Waals surface area contributed by atoms with E-state index in [-0.39, 0.29) is 31.3 Å². The number of carbonyl (C=O) groups excluding carboxylic acids is 2. The van der Waals surface area contributed by atoms with E-state index in [1.165, 1.54) is 0 Å². The molecule has 0 amide bonds. The molecule has 0 heterocycles. The van der Waals surface area contributed by atoms with Crippen LogP contribution in [-0.2, 0) is 29.1 Å². The van der Waals surface area contributed by atoms with Gasteiger partial charge in [-0.05, 0) is 18.3 Å². The number of hydrogen-bond donors (Lipinski definition) is 0. The van der Waals surface area contributed by atoms with Gasteiger partial charge >= 0.3 is 19.5 Å². The van der Waals surface area contributed by atoms with Crippen LogP contribution >= 0.6 is 0 Å². The maximum absolute atomic E-state index is 10.7. The Hall–Kier alpha value is -0.697. The molecule has 0 N–H and O–H groups in total. The zero-order chi connectivity index (χ0) is 9.59. The van der Waals surface area contributed by atoms with Gasteiger partial charge in [0.2, 0.25) is 0 Å². The summed E-state index contributed by atoms with van der Waals surface area (Å²) in [4.78, 5) is 21.3. The van der Waals surface area contributed by atoms with Crippen LogP contribution in [0.1, 0.15) is 6.42 Å². The van der Waals surface area contributed by atoms with Crippen LogP contribution in [0, 0.1) is 23.7 Å². The van der Waals surface area contributed by atoms with Gasteiger partial charge in [0.05, 0.1) is 0 Å². The van der Waals surface area contributed by atoms with Gasteiger partial charge in [0.25, 0.3) is 0 Å². The molecule has 5 heteroatoms. The van der Waals surface area contributed by atoms with Crippen molar-refractivity contribution in [2.24, 2.45) is 23.7 Å². The SMILES string of the molecule is O=C([O-])C1C2C=CC(C2)C1C(=O)[O-].[Zn+2]. The third-order valence-corrected chi connectivity index (χ3v) is 3.00. The second-order valence-corrected chi connectivity index (χ2v) is 3.64. The van der Waals surface area contributed by atoms with E-state index in [4.69, 9.17) is 0 Å². The molecule has 0 radical (unpaired) electrons. The van der Waals surface area contributed by atoms with Crippen molar-refractivity contribution in [1.29, 1.82) is 0 Å². The van der Waals surface area contributed by atoms with Crippen molar-refractivity contribution in [3.8, 4) is 0 Å². The van der Waals surface area contributed by atoms with Gasteiger partial charge < -0.3 is 19.8 Å². The van der Waals surface area contributed by atoms with Crippen molar-refractivity contribution in [1.82, 2.24) is 0 Å². The van der Waals surface area contributed by atoms with E-state index in [9.17, 15) is 19.8 Å². The summed E-state index contributed by atoms with van der Waals surface area (Å²) in [5.41, 5.74) is 0. The Morgan fingerprint density at radius 1 is 1.00 bits per heavy atom. The van der Waals surface area contributed by atoms with Crippen LogP contribution in [0.25, 0.3) is 0 Å². The van der Waals surface area contributed by atoms with Crippen molar-refractivity contribution in [2.75, 3.05) is 0 Å². The third kappa shape index (κ3) is 1.50. The summed E-state index contributed by atoms with van der Waals surface area (Å²) in [5, 5.41) is 21.3. The molecule has 0 aromatic rings. The molecule has 70 valence electrons. The van der Waals surface area contributed by atoms with Crippen molar-refractivity contribution < 1.29 is 39.3 Å². The predicted octanol–water partition coefficient (Wildman–Crippen LogP) is -2.08. The third-order valence-electron chi connectivity index (χ3n) is 3.00. The molecule has 1 fully saturated rings. The quantitative estimate of drug-likeness (QED) is 0.413. The molecule has 2 aliphatic rings. The van der Waals surface area contributed by atoms with Crippen LogP contribution in [0.2, 0.25) is 0 Å². The van der Waals surface area contributed by atoms with E-state index in [1.54, 1.807) is 12.2 Å². The van der Waals surface area contributed by atoms with Crippen molar-refractivity contribution in [3.05, 3.63) is 12.2 Å². The van der Waals surface area contributed by atoms with Gasteiger partial charge in [0.1, 0.15) is 0 Å². The number of carbonyl (C=O) groups is 2. The first-order valence-corrected chi connectivity index (χ1v) is 4.21. The van der Waals surface area contributed by atoms with Gasteiger partial charge in [0.15, 0.2) is 0 Å². The van der Waals surface area contributed by atoms with Crippen molar-refractivity contribution >= 4 is 11.9 Å². The molecule has 2 aliphatic carbocycles. The van der Waals surface area contributed by atoms with E-state index < -0.39 is 23.8 Å². The number of fused-ring (bicyclic) bond motifs is 2. The van der Waals surface area contributed by atoms with Gasteiger partial charge in [-0.25, -0.2) is 0 Å². The van der Waals surface area contributed by atoms with E-state index >= 15 is 0 Å². The van der Waals surface area contributed by atoms with Gasteiger partial charge in [-0.2, -0.15) is 0 Å². The Kier molecular flexibility index (Phi) is 3.10. The first kappa shape index (κ1) is 11.4. The fourth-order valence-corrected chi connectivity index (χ4v) is 2.46.